The number of rotatable bonds is 3. The van der Waals surface area contributed by atoms with Gasteiger partial charge in [-0.1, -0.05) is 6.07 Å². The summed E-state index contributed by atoms with van der Waals surface area (Å²) in [6.45, 7) is 0.934. The third-order valence-corrected chi connectivity index (χ3v) is 5.62. The number of esters is 1. The van der Waals surface area contributed by atoms with E-state index in [4.69, 9.17) is 9.47 Å². The summed E-state index contributed by atoms with van der Waals surface area (Å²) in [5.74, 6) is 0.461. The first-order valence-corrected chi connectivity index (χ1v) is 9.44. The smallest absolute Gasteiger partial charge is 0.314 e. The third kappa shape index (κ3) is 3.05. The molecule has 28 heavy (non-hydrogen) atoms. The average molecular weight is 378 g/mol. The molecule has 0 fully saturated rings. The fraction of sp³-hybridized carbons (Fsp3) is 0.429. The lowest BCUT2D eigenvalue weighted by molar-refractivity contribution is -0.142. The van der Waals surface area contributed by atoms with Crippen LogP contribution in [-0.2, 0) is 28.9 Å². The quantitative estimate of drug-likeness (QED) is 0.758. The summed E-state index contributed by atoms with van der Waals surface area (Å²) in [4.78, 5) is 14.5. The summed E-state index contributed by atoms with van der Waals surface area (Å²) in [7, 11) is 2.99. The second-order valence-corrected chi connectivity index (χ2v) is 7.16. The van der Waals surface area contributed by atoms with Gasteiger partial charge in [0, 0.05) is 13.1 Å². The molecule has 2 heterocycles. The van der Waals surface area contributed by atoms with Gasteiger partial charge in [0.15, 0.2) is 5.82 Å². The average Bonchev–Trinajstić information content (AvgIpc) is 2.76. The van der Waals surface area contributed by atoms with Gasteiger partial charge in [-0.2, -0.15) is 10.4 Å². The second kappa shape index (κ2) is 7.47. The predicted molar refractivity (Wildman–Crippen MR) is 102 cm³/mol. The molecular formula is C21H22N4O3. The summed E-state index contributed by atoms with van der Waals surface area (Å²) in [5.41, 5.74) is 4.41. The largest absolute Gasteiger partial charge is 0.497 e. The van der Waals surface area contributed by atoms with Crippen LogP contribution in [-0.4, -0.2) is 36.9 Å². The van der Waals surface area contributed by atoms with Gasteiger partial charge in [0.05, 0.1) is 25.8 Å². The van der Waals surface area contributed by atoms with Crippen LogP contribution in [0.25, 0.3) is 0 Å². The van der Waals surface area contributed by atoms with Crippen LogP contribution in [0.5, 0.6) is 5.75 Å². The Balaban J connectivity index is 1.78. The highest BCUT2D eigenvalue weighted by Gasteiger charge is 2.34. The van der Waals surface area contributed by atoms with Gasteiger partial charge in [-0.05, 0) is 54.5 Å². The molecule has 4 rings (SSSR count). The molecule has 1 unspecified atom stereocenters. The lowest BCUT2D eigenvalue weighted by Gasteiger charge is -2.35. The van der Waals surface area contributed by atoms with Gasteiger partial charge in [0.2, 0.25) is 0 Å². The van der Waals surface area contributed by atoms with Crippen LogP contribution in [0.1, 0.15) is 46.7 Å². The summed E-state index contributed by atoms with van der Waals surface area (Å²) < 4.78 is 10.4. The van der Waals surface area contributed by atoms with E-state index in [0.717, 1.165) is 48.1 Å². The number of aromatic nitrogens is 2. The van der Waals surface area contributed by atoms with Gasteiger partial charge in [0.1, 0.15) is 17.4 Å². The summed E-state index contributed by atoms with van der Waals surface area (Å²) in [6.07, 6.45) is 3.85. The minimum absolute atomic E-state index is 0.316. The Bertz CT molecular complexity index is 967. The number of aryl methyl sites for hydroxylation is 1. The van der Waals surface area contributed by atoms with Crippen molar-refractivity contribution in [2.24, 2.45) is 0 Å². The van der Waals surface area contributed by atoms with Crippen molar-refractivity contribution in [3.8, 4) is 11.8 Å². The maximum absolute atomic E-state index is 12.5. The molecule has 144 valence electrons. The predicted octanol–water partition coefficient (Wildman–Crippen LogP) is 2.51. The Labute approximate surface area is 163 Å². The molecule has 0 amide bonds. The Morgan fingerprint density at radius 2 is 2.07 bits per heavy atom. The lowest BCUT2D eigenvalue weighted by Crippen LogP contribution is -2.38. The highest BCUT2D eigenvalue weighted by Crippen LogP contribution is 2.36. The van der Waals surface area contributed by atoms with E-state index < -0.39 is 5.92 Å². The Kier molecular flexibility index (Phi) is 4.86. The van der Waals surface area contributed by atoms with Crippen molar-refractivity contribution >= 4 is 11.8 Å². The van der Waals surface area contributed by atoms with Gasteiger partial charge in [-0.15, -0.1) is 5.10 Å². The van der Waals surface area contributed by atoms with E-state index in [9.17, 15) is 10.1 Å². The molecule has 0 bridgehead atoms. The molecule has 1 aliphatic heterocycles. The number of ether oxygens (including phenoxy) is 2. The first-order chi connectivity index (χ1) is 13.7. The van der Waals surface area contributed by atoms with E-state index in [1.165, 1.54) is 7.11 Å². The van der Waals surface area contributed by atoms with Crippen molar-refractivity contribution in [1.82, 2.24) is 10.2 Å². The standard InChI is InChI=1S/C21H22N4O3/c1-27-14-8-7-13-11-25(12-18(16(13)9-14)21(26)28-2)20-17(10-22)15-5-3-4-6-19(15)23-24-20/h7-9,18H,3-6,11-12H2,1-2H3. The topological polar surface area (TPSA) is 88.3 Å². The van der Waals surface area contributed by atoms with Crippen molar-refractivity contribution in [3.05, 3.63) is 46.1 Å². The van der Waals surface area contributed by atoms with Gasteiger partial charge in [-0.3, -0.25) is 4.79 Å². The molecule has 7 nitrogen and oxygen atoms in total. The number of carbonyl (C=O) groups excluding carboxylic acids is 1. The van der Waals surface area contributed by atoms with Crippen molar-refractivity contribution in [2.45, 2.75) is 38.1 Å². The normalized spacial score (nSPS) is 17.9. The van der Waals surface area contributed by atoms with E-state index in [-0.39, 0.29) is 5.97 Å². The number of methoxy groups -OCH3 is 2. The number of fused-ring (bicyclic) bond motifs is 2. The molecule has 0 saturated heterocycles. The van der Waals surface area contributed by atoms with E-state index in [1.54, 1.807) is 7.11 Å². The number of nitriles is 1. The molecule has 1 aromatic carbocycles. The van der Waals surface area contributed by atoms with Gasteiger partial charge in [-0.25, -0.2) is 0 Å². The van der Waals surface area contributed by atoms with Crippen molar-refractivity contribution in [1.29, 1.82) is 5.26 Å². The minimum atomic E-state index is -0.478. The Hall–Kier alpha value is -3.14. The lowest BCUT2D eigenvalue weighted by atomic mass is 9.88. The summed E-state index contributed by atoms with van der Waals surface area (Å²) in [6, 6.07) is 8.06. The number of anilines is 1. The number of benzene rings is 1. The molecular weight excluding hydrogens is 356 g/mol. The minimum Gasteiger partial charge on any atom is -0.497 e. The first-order valence-electron chi connectivity index (χ1n) is 9.44. The molecule has 7 heteroatoms. The van der Waals surface area contributed by atoms with Crippen molar-refractivity contribution < 1.29 is 14.3 Å². The van der Waals surface area contributed by atoms with Crippen LogP contribution in [0, 0.1) is 11.3 Å². The van der Waals surface area contributed by atoms with Crippen LogP contribution in [0.15, 0.2) is 18.2 Å². The molecule has 0 N–H and O–H groups in total. The van der Waals surface area contributed by atoms with Gasteiger partial charge >= 0.3 is 5.97 Å². The fourth-order valence-electron chi connectivity index (χ4n) is 4.16. The monoisotopic (exact) mass is 378 g/mol. The zero-order chi connectivity index (χ0) is 19.7. The molecule has 1 aromatic heterocycles. The highest BCUT2D eigenvalue weighted by atomic mass is 16.5. The maximum Gasteiger partial charge on any atom is 0.314 e. The number of carbonyl (C=O) groups is 1. The molecule has 0 spiro atoms. The van der Waals surface area contributed by atoms with E-state index in [1.807, 2.05) is 23.1 Å². The fourth-order valence-corrected chi connectivity index (χ4v) is 4.16. The summed E-state index contributed by atoms with van der Waals surface area (Å²) in [5, 5.41) is 18.6. The van der Waals surface area contributed by atoms with Crippen molar-refractivity contribution in [3.63, 3.8) is 0 Å². The van der Waals surface area contributed by atoms with E-state index in [2.05, 4.69) is 16.3 Å². The Morgan fingerprint density at radius 3 is 2.82 bits per heavy atom. The number of hydrogen-bond acceptors (Lipinski definition) is 7. The molecule has 0 saturated carbocycles. The van der Waals surface area contributed by atoms with E-state index in [0.29, 0.717) is 30.2 Å². The van der Waals surface area contributed by atoms with Gasteiger partial charge in [0.25, 0.3) is 0 Å². The van der Waals surface area contributed by atoms with Crippen molar-refractivity contribution in [2.75, 3.05) is 25.7 Å². The second-order valence-electron chi connectivity index (χ2n) is 7.16. The highest BCUT2D eigenvalue weighted by molar-refractivity contribution is 5.81. The van der Waals surface area contributed by atoms with Gasteiger partial charge < -0.3 is 14.4 Å². The number of hydrogen-bond donors (Lipinski definition) is 0. The van der Waals surface area contributed by atoms with Crippen LogP contribution in [0.2, 0.25) is 0 Å². The number of nitrogens with zero attached hydrogens (tertiary/aromatic N) is 4. The maximum atomic E-state index is 12.5. The molecule has 1 atom stereocenters. The zero-order valence-corrected chi connectivity index (χ0v) is 16.1. The third-order valence-electron chi connectivity index (χ3n) is 5.62. The SMILES string of the molecule is COC(=O)C1CN(c2nnc3c(c2C#N)CCCC3)Cc2ccc(OC)cc21. The van der Waals surface area contributed by atoms with Crippen LogP contribution in [0.4, 0.5) is 5.82 Å². The molecule has 0 radical (unpaired) electrons. The molecule has 2 aromatic rings. The van der Waals surface area contributed by atoms with E-state index >= 15 is 0 Å². The zero-order valence-electron chi connectivity index (χ0n) is 16.1. The van der Waals surface area contributed by atoms with Crippen LogP contribution < -0.4 is 9.64 Å². The summed E-state index contributed by atoms with van der Waals surface area (Å²) >= 11 is 0. The van der Waals surface area contributed by atoms with Crippen LogP contribution >= 0.6 is 0 Å². The molecule has 2 aliphatic rings. The van der Waals surface area contributed by atoms with Crippen LogP contribution in [0.3, 0.4) is 0 Å². The molecule has 1 aliphatic carbocycles. The Morgan fingerprint density at radius 1 is 1.25 bits per heavy atom. The first kappa shape index (κ1) is 18.2.